The normalized spacial score (nSPS) is 11.3. The van der Waals surface area contributed by atoms with Crippen molar-refractivity contribution in [2.75, 3.05) is 7.11 Å². The van der Waals surface area contributed by atoms with Crippen LogP contribution in [0.5, 0.6) is 5.75 Å². The van der Waals surface area contributed by atoms with Crippen LogP contribution in [0.3, 0.4) is 0 Å². The highest BCUT2D eigenvalue weighted by atomic mass is 16.5. The molecule has 0 atom stereocenters. The van der Waals surface area contributed by atoms with Crippen LogP contribution in [-0.2, 0) is 0 Å². The quantitative estimate of drug-likeness (QED) is 0.263. The van der Waals surface area contributed by atoms with Gasteiger partial charge < -0.3 is 4.74 Å². The molecule has 0 spiro atoms. The van der Waals surface area contributed by atoms with E-state index in [0.717, 1.165) is 16.3 Å². The van der Waals surface area contributed by atoms with E-state index in [-0.39, 0.29) is 5.78 Å². The van der Waals surface area contributed by atoms with Crippen LogP contribution in [0.15, 0.2) is 84.9 Å². The Morgan fingerprint density at radius 1 is 0.808 bits per heavy atom. The average molecular weight is 338 g/mol. The van der Waals surface area contributed by atoms with E-state index in [1.807, 2.05) is 42.5 Å². The van der Waals surface area contributed by atoms with Gasteiger partial charge >= 0.3 is 0 Å². The van der Waals surface area contributed by atoms with Gasteiger partial charge in [0.25, 0.3) is 0 Å². The molecular formula is C24H18O2. The first kappa shape index (κ1) is 16.1. The third-order valence-electron chi connectivity index (χ3n) is 4.57. The molecule has 0 N–H and O–H groups in total. The molecule has 0 heterocycles. The summed E-state index contributed by atoms with van der Waals surface area (Å²) < 4.78 is 5.21. The fourth-order valence-electron chi connectivity index (χ4n) is 3.26. The summed E-state index contributed by atoms with van der Waals surface area (Å²) in [6.07, 6.45) is 3.56. The fourth-order valence-corrected chi connectivity index (χ4v) is 3.26. The SMILES string of the molecule is COc1cccc(C(=O)/C=C\c2c3ccccc3cc3ccccc23)c1. The number of benzene rings is 4. The van der Waals surface area contributed by atoms with Crippen molar-refractivity contribution in [1.82, 2.24) is 0 Å². The largest absolute Gasteiger partial charge is 0.497 e. The molecule has 4 rings (SSSR count). The van der Waals surface area contributed by atoms with E-state index in [9.17, 15) is 4.79 Å². The fraction of sp³-hybridized carbons (Fsp3) is 0.0417. The molecular weight excluding hydrogens is 320 g/mol. The van der Waals surface area contributed by atoms with Gasteiger partial charge in [-0.05, 0) is 57.5 Å². The van der Waals surface area contributed by atoms with Crippen molar-refractivity contribution in [2.24, 2.45) is 0 Å². The van der Waals surface area contributed by atoms with Crippen molar-refractivity contribution in [1.29, 1.82) is 0 Å². The van der Waals surface area contributed by atoms with Crippen LogP contribution >= 0.6 is 0 Å². The smallest absolute Gasteiger partial charge is 0.185 e. The molecule has 4 aromatic rings. The first-order valence-corrected chi connectivity index (χ1v) is 8.53. The summed E-state index contributed by atoms with van der Waals surface area (Å²) in [6, 6.07) is 25.9. The molecule has 0 unspecified atom stereocenters. The number of hydrogen-bond donors (Lipinski definition) is 0. The zero-order valence-corrected chi connectivity index (χ0v) is 14.5. The summed E-state index contributed by atoms with van der Waals surface area (Å²) in [4.78, 5) is 12.6. The van der Waals surface area contributed by atoms with Gasteiger partial charge in [0.15, 0.2) is 5.78 Å². The number of methoxy groups -OCH3 is 1. The van der Waals surface area contributed by atoms with Gasteiger partial charge in [0.2, 0.25) is 0 Å². The molecule has 2 nitrogen and oxygen atoms in total. The van der Waals surface area contributed by atoms with Crippen molar-refractivity contribution in [2.45, 2.75) is 0 Å². The second-order valence-electron chi connectivity index (χ2n) is 6.16. The number of ether oxygens (including phenoxy) is 1. The van der Waals surface area contributed by atoms with Crippen LogP contribution < -0.4 is 4.74 Å². The van der Waals surface area contributed by atoms with Crippen LogP contribution in [-0.4, -0.2) is 12.9 Å². The van der Waals surface area contributed by atoms with Crippen molar-refractivity contribution in [3.63, 3.8) is 0 Å². The number of hydrogen-bond acceptors (Lipinski definition) is 2. The number of carbonyl (C=O) groups excluding carboxylic acids is 1. The maximum atomic E-state index is 12.6. The van der Waals surface area contributed by atoms with Crippen molar-refractivity contribution < 1.29 is 9.53 Å². The Kier molecular flexibility index (Phi) is 4.24. The monoisotopic (exact) mass is 338 g/mol. The lowest BCUT2D eigenvalue weighted by Crippen LogP contribution is -1.95. The minimum Gasteiger partial charge on any atom is -0.497 e. The lowest BCUT2D eigenvalue weighted by molar-refractivity contribution is 0.104. The molecule has 0 aliphatic rings. The van der Waals surface area contributed by atoms with Gasteiger partial charge in [-0.15, -0.1) is 0 Å². The molecule has 126 valence electrons. The van der Waals surface area contributed by atoms with Crippen LogP contribution in [0.2, 0.25) is 0 Å². The van der Waals surface area contributed by atoms with E-state index in [1.165, 1.54) is 10.8 Å². The zero-order chi connectivity index (χ0) is 17.9. The van der Waals surface area contributed by atoms with E-state index in [4.69, 9.17) is 4.74 Å². The predicted molar refractivity (Wildman–Crippen MR) is 108 cm³/mol. The molecule has 2 heteroatoms. The van der Waals surface area contributed by atoms with E-state index in [2.05, 4.69) is 30.3 Å². The number of carbonyl (C=O) groups is 1. The molecule has 0 amide bonds. The Hall–Kier alpha value is -3.39. The number of fused-ring (bicyclic) bond motifs is 2. The van der Waals surface area contributed by atoms with E-state index in [0.29, 0.717) is 11.3 Å². The summed E-state index contributed by atoms with van der Waals surface area (Å²) in [5, 5.41) is 4.61. The minimum absolute atomic E-state index is 0.0408. The van der Waals surface area contributed by atoms with E-state index < -0.39 is 0 Å². The molecule has 0 saturated carbocycles. The molecule has 0 aromatic heterocycles. The Morgan fingerprint density at radius 3 is 2.12 bits per heavy atom. The average Bonchev–Trinajstić information content (AvgIpc) is 2.71. The lowest BCUT2D eigenvalue weighted by atomic mass is 9.96. The first-order chi connectivity index (χ1) is 12.8. The molecule has 0 saturated heterocycles. The van der Waals surface area contributed by atoms with Crippen LogP contribution in [0.1, 0.15) is 15.9 Å². The van der Waals surface area contributed by atoms with Crippen molar-refractivity contribution in [3.05, 3.63) is 96.1 Å². The van der Waals surface area contributed by atoms with Gasteiger partial charge in [0.1, 0.15) is 5.75 Å². The number of rotatable bonds is 4. The van der Waals surface area contributed by atoms with Crippen molar-refractivity contribution >= 4 is 33.4 Å². The van der Waals surface area contributed by atoms with Crippen LogP contribution in [0, 0.1) is 0 Å². The van der Waals surface area contributed by atoms with Gasteiger partial charge in [-0.2, -0.15) is 0 Å². The standard InChI is InChI=1S/C24H18O2/c1-26-20-10-6-9-19(16-20)24(25)14-13-23-21-11-4-2-7-17(21)15-18-8-3-5-12-22(18)23/h2-16H,1H3/b14-13-. The Bertz CT molecular complexity index is 1090. The second-order valence-corrected chi connectivity index (χ2v) is 6.16. The first-order valence-electron chi connectivity index (χ1n) is 8.53. The maximum absolute atomic E-state index is 12.6. The highest BCUT2D eigenvalue weighted by Crippen LogP contribution is 2.29. The Balaban J connectivity index is 1.82. The Morgan fingerprint density at radius 2 is 1.46 bits per heavy atom. The van der Waals surface area contributed by atoms with Gasteiger partial charge in [0, 0.05) is 5.56 Å². The minimum atomic E-state index is -0.0408. The van der Waals surface area contributed by atoms with E-state index in [1.54, 1.807) is 25.3 Å². The van der Waals surface area contributed by atoms with Crippen LogP contribution in [0.4, 0.5) is 0 Å². The molecule has 4 aromatic carbocycles. The third kappa shape index (κ3) is 2.98. The Labute approximate surface area is 152 Å². The molecule has 0 aliphatic carbocycles. The molecule has 0 aliphatic heterocycles. The lowest BCUT2D eigenvalue weighted by Gasteiger charge is -2.08. The topological polar surface area (TPSA) is 26.3 Å². The summed E-state index contributed by atoms with van der Waals surface area (Å²) >= 11 is 0. The number of ketones is 1. The molecule has 26 heavy (non-hydrogen) atoms. The number of allylic oxidation sites excluding steroid dienone is 1. The highest BCUT2D eigenvalue weighted by molar-refractivity contribution is 6.11. The maximum Gasteiger partial charge on any atom is 0.185 e. The molecule has 0 fully saturated rings. The summed E-state index contributed by atoms with van der Waals surface area (Å²) in [6.45, 7) is 0. The predicted octanol–water partition coefficient (Wildman–Crippen LogP) is 5.90. The second kappa shape index (κ2) is 6.85. The van der Waals surface area contributed by atoms with Crippen molar-refractivity contribution in [3.8, 4) is 5.75 Å². The van der Waals surface area contributed by atoms with E-state index >= 15 is 0 Å². The third-order valence-corrected chi connectivity index (χ3v) is 4.57. The summed E-state index contributed by atoms with van der Waals surface area (Å²) in [5.41, 5.74) is 1.68. The van der Waals surface area contributed by atoms with Gasteiger partial charge in [0.05, 0.1) is 7.11 Å². The zero-order valence-electron chi connectivity index (χ0n) is 14.5. The van der Waals surface area contributed by atoms with Crippen LogP contribution in [0.25, 0.3) is 27.6 Å². The summed E-state index contributed by atoms with van der Waals surface area (Å²) in [5.74, 6) is 0.640. The van der Waals surface area contributed by atoms with Gasteiger partial charge in [-0.3, -0.25) is 4.79 Å². The summed E-state index contributed by atoms with van der Waals surface area (Å²) in [7, 11) is 1.60. The van der Waals surface area contributed by atoms with Gasteiger partial charge in [-0.1, -0.05) is 60.7 Å². The highest BCUT2D eigenvalue weighted by Gasteiger charge is 2.07. The van der Waals surface area contributed by atoms with Gasteiger partial charge in [-0.25, -0.2) is 0 Å². The molecule has 0 bridgehead atoms. The molecule has 0 radical (unpaired) electrons.